The van der Waals surface area contributed by atoms with Crippen LogP contribution in [0.25, 0.3) is 0 Å². The average Bonchev–Trinajstić information content (AvgIpc) is 3.02. The molecule has 122 valence electrons. The van der Waals surface area contributed by atoms with Gasteiger partial charge in [-0.2, -0.15) is 5.10 Å². The molecule has 0 radical (unpaired) electrons. The quantitative estimate of drug-likeness (QED) is 0.481. The second kappa shape index (κ2) is 6.61. The Morgan fingerprint density at radius 1 is 1.35 bits per heavy atom. The molecule has 1 amide bonds. The number of nitro groups is 1. The van der Waals surface area contributed by atoms with Gasteiger partial charge in [0.05, 0.1) is 22.8 Å². The Kier molecular flexibility index (Phi) is 4.38. The maximum absolute atomic E-state index is 12.0. The maximum atomic E-state index is 12.0. The Morgan fingerprint density at radius 3 is 2.74 bits per heavy atom. The van der Waals surface area contributed by atoms with Gasteiger partial charge in [-0.3, -0.25) is 14.9 Å². The zero-order chi connectivity index (χ0) is 16.2. The molecule has 1 fully saturated rings. The normalized spacial score (nSPS) is 17.4. The lowest BCUT2D eigenvalue weighted by Gasteiger charge is -2.20. The predicted molar refractivity (Wildman–Crippen MR) is 80.5 cm³/mol. The van der Waals surface area contributed by atoms with Crippen LogP contribution in [0.15, 0.2) is 17.2 Å². The van der Waals surface area contributed by atoms with E-state index in [-0.39, 0.29) is 29.9 Å². The Hall–Kier alpha value is -2.68. The number of fused-ring (bicyclic) bond motifs is 1. The van der Waals surface area contributed by atoms with Gasteiger partial charge in [-0.05, 0) is 32.0 Å². The third-order valence-electron chi connectivity index (χ3n) is 3.81. The molecule has 1 aromatic rings. The number of piperidine rings is 1. The Morgan fingerprint density at radius 2 is 2.04 bits per heavy atom. The van der Waals surface area contributed by atoms with E-state index in [1.807, 2.05) is 0 Å². The van der Waals surface area contributed by atoms with E-state index in [2.05, 4.69) is 15.8 Å². The molecular formula is C14H16N4O5. The summed E-state index contributed by atoms with van der Waals surface area (Å²) in [4.78, 5) is 22.6. The summed E-state index contributed by atoms with van der Waals surface area (Å²) in [6, 6.07) is 2.76. The van der Waals surface area contributed by atoms with Crippen LogP contribution in [0.5, 0.6) is 11.5 Å². The van der Waals surface area contributed by atoms with Crippen molar-refractivity contribution in [1.29, 1.82) is 0 Å². The highest BCUT2D eigenvalue weighted by molar-refractivity contribution is 5.88. The predicted octanol–water partition coefficient (Wildman–Crippen LogP) is 0.773. The van der Waals surface area contributed by atoms with Gasteiger partial charge in [-0.25, -0.2) is 5.43 Å². The fourth-order valence-corrected chi connectivity index (χ4v) is 2.55. The maximum Gasteiger partial charge on any atom is 0.282 e. The van der Waals surface area contributed by atoms with Crippen LogP contribution in [0, 0.1) is 16.0 Å². The van der Waals surface area contributed by atoms with Crippen molar-refractivity contribution in [3.8, 4) is 11.5 Å². The minimum absolute atomic E-state index is 0.0273. The molecule has 1 aromatic carbocycles. The zero-order valence-corrected chi connectivity index (χ0v) is 12.3. The van der Waals surface area contributed by atoms with Crippen molar-refractivity contribution in [2.75, 3.05) is 19.9 Å². The topological polar surface area (TPSA) is 115 Å². The van der Waals surface area contributed by atoms with E-state index >= 15 is 0 Å². The molecule has 2 aliphatic heterocycles. The second-order valence-corrected chi connectivity index (χ2v) is 5.28. The first-order valence-corrected chi connectivity index (χ1v) is 7.27. The highest BCUT2D eigenvalue weighted by Gasteiger charge is 2.23. The van der Waals surface area contributed by atoms with E-state index < -0.39 is 4.92 Å². The van der Waals surface area contributed by atoms with Crippen LogP contribution in [0.2, 0.25) is 0 Å². The highest BCUT2D eigenvalue weighted by Crippen LogP contribution is 2.37. The number of nitrogens with zero attached hydrogens (tertiary/aromatic N) is 2. The van der Waals surface area contributed by atoms with Crippen molar-refractivity contribution in [2.24, 2.45) is 11.0 Å². The summed E-state index contributed by atoms with van der Waals surface area (Å²) in [5.74, 6) is 0.487. The summed E-state index contributed by atoms with van der Waals surface area (Å²) < 4.78 is 10.3. The molecule has 2 N–H and O–H groups in total. The van der Waals surface area contributed by atoms with E-state index in [0.29, 0.717) is 11.5 Å². The lowest BCUT2D eigenvalue weighted by molar-refractivity contribution is -0.385. The lowest BCUT2D eigenvalue weighted by Crippen LogP contribution is -2.36. The van der Waals surface area contributed by atoms with Crippen LogP contribution in [-0.2, 0) is 4.79 Å². The SMILES string of the molecule is O=C(NN=Cc1cc2c(cc1[N+](=O)[O-])OCO2)C1CCNCC1. The largest absolute Gasteiger partial charge is 0.454 e. The first-order chi connectivity index (χ1) is 11.1. The van der Waals surface area contributed by atoms with E-state index in [0.717, 1.165) is 25.9 Å². The second-order valence-electron chi connectivity index (χ2n) is 5.28. The number of rotatable bonds is 4. The number of hydrogen-bond acceptors (Lipinski definition) is 7. The third kappa shape index (κ3) is 3.39. The molecule has 9 nitrogen and oxygen atoms in total. The number of nitro benzene ring substituents is 1. The Bertz CT molecular complexity index is 655. The molecule has 0 bridgehead atoms. The zero-order valence-electron chi connectivity index (χ0n) is 12.3. The van der Waals surface area contributed by atoms with Crippen LogP contribution in [0.3, 0.4) is 0 Å². The van der Waals surface area contributed by atoms with Crippen LogP contribution >= 0.6 is 0 Å². The molecule has 2 heterocycles. The summed E-state index contributed by atoms with van der Waals surface area (Å²) in [7, 11) is 0. The molecule has 0 atom stereocenters. The Balaban J connectivity index is 1.71. The van der Waals surface area contributed by atoms with Gasteiger partial charge in [0, 0.05) is 5.92 Å². The van der Waals surface area contributed by atoms with Crippen molar-refractivity contribution in [3.05, 3.63) is 27.8 Å². The molecule has 0 aliphatic carbocycles. The molecule has 1 saturated heterocycles. The smallest absolute Gasteiger partial charge is 0.282 e. The standard InChI is InChI=1S/C14H16N4O5/c19-14(9-1-3-15-4-2-9)17-16-7-10-5-12-13(23-8-22-12)6-11(10)18(20)21/h5-7,9,15H,1-4,8H2,(H,17,19). The van der Waals surface area contributed by atoms with Crippen molar-refractivity contribution in [1.82, 2.24) is 10.7 Å². The molecule has 2 aliphatic rings. The van der Waals surface area contributed by atoms with Crippen LogP contribution in [0.1, 0.15) is 18.4 Å². The number of carbonyl (C=O) groups excluding carboxylic acids is 1. The van der Waals surface area contributed by atoms with E-state index in [1.54, 1.807) is 0 Å². The summed E-state index contributed by atoms with van der Waals surface area (Å²) in [5.41, 5.74) is 2.53. The molecule has 0 aromatic heterocycles. The molecule has 0 saturated carbocycles. The van der Waals surface area contributed by atoms with E-state index in [9.17, 15) is 14.9 Å². The number of hydrazone groups is 1. The molecule has 9 heteroatoms. The van der Waals surface area contributed by atoms with Crippen LogP contribution in [0.4, 0.5) is 5.69 Å². The van der Waals surface area contributed by atoms with Gasteiger partial charge in [0.25, 0.3) is 5.69 Å². The molecule has 23 heavy (non-hydrogen) atoms. The number of benzene rings is 1. The number of carbonyl (C=O) groups is 1. The van der Waals surface area contributed by atoms with Gasteiger partial charge < -0.3 is 14.8 Å². The molecule has 0 unspecified atom stereocenters. The first kappa shape index (κ1) is 15.2. The molecule has 3 rings (SSSR count). The molecular weight excluding hydrogens is 304 g/mol. The minimum Gasteiger partial charge on any atom is -0.454 e. The van der Waals surface area contributed by atoms with E-state index in [1.165, 1.54) is 18.3 Å². The number of ether oxygens (including phenoxy) is 2. The van der Waals surface area contributed by atoms with Gasteiger partial charge in [-0.15, -0.1) is 0 Å². The van der Waals surface area contributed by atoms with Gasteiger partial charge in [0.15, 0.2) is 11.5 Å². The van der Waals surface area contributed by atoms with Crippen LogP contribution < -0.4 is 20.2 Å². The molecule has 0 spiro atoms. The van der Waals surface area contributed by atoms with E-state index in [4.69, 9.17) is 9.47 Å². The fourth-order valence-electron chi connectivity index (χ4n) is 2.55. The number of hydrogen-bond donors (Lipinski definition) is 2. The highest BCUT2D eigenvalue weighted by atomic mass is 16.7. The van der Waals surface area contributed by atoms with Gasteiger partial charge >= 0.3 is 0 Å². The number of amides is 1. The van der Waals surface area contributed by atoms with Gasteiger partial charge in [0.2, 0.25) is 12.7 Å². The third-order valence-corrected chi connectivity index (χ3v) is 3.81. The summed E-state index contributed by atoms with van der Waals surface area (Å²) >= 11 is 0. The average molecular weight is 320 g/mol. The van der Waals surface area contributed by atoms with Gasteiger partial charge in [-0.1, -0.05) is 0 Å². The monoisotopic (exact) mass is 320 g/mol. The summed E-state index contributed by atoms with van der Waals surface area (Å²) in [6.45, 7) is 1.63. The summed E-state index contributed by atoms with van der Waals surface area (Å²) in [5, 5.41) is 18.1. The minimum atomic E-state index is -0.530. The first-order valence-electron chi connectivity index (χ1n) is 7.27. The fraction of sp³-hybridized carbons (Fsp3) is 0.429. The van der Waals surface area contributed by atoms with Crippen molar-refractivity contribution in [3.63, 3.8) is 0 Å². The Labute approximate surface area is 131 Å². The lowest BCUT2D eigenvalue weighted by atomic mass is 9.98. The van der Waals surface area contributed by atoms with Crippen molar-refractivity contribution in [2.45, 2.75) is 12.8 Å². The van der Waals surface area contributed by atoms with Gasteiger partial charge in [0.1, 0.15) is 0 Å². The van der Waals surface area contributed by atoms with Crippen molar-refractivity contribution >= 4 is 17.8 Å². The number of nitrogens with one attached hydrogen (secondary N) is 2. The summed E-state index contributed by atoms with van der Waals surface area (Å²) in [6.07, 6.45) is 2.76. The van der Waals surface area contributed by atoms with Crippen LogP contribution in [-0.4, -0.2) is 36.9 Å². The van der Waals surface area contributed by atoms with Crippen molar-refractivity contribution < 1.29 is 19.2 Å².